The van der Waals surface area contributed by atoms with Gasteiger partial charge in [-0.3, -0.25) is 4.99 Å². The average Bonchev–Trinajstić information content (AvgIpc) is 2.83. The van der Waals surface area contributed by atoms with Crippen molar-refractivity contribution in [1.29, 1.82) is 0 Å². The Morgan fingerprint density at radius 2 is 1.75 bits per heavy atom. The molecule has 0 atom stereocenters. The number of nitrogens with zero attached hydrogens (tertiary/aromatic N) is 2. The van der Waals surface area contributed by atoms with E-state index in [0.717, 1.165) is 40.6 Å². The highest BCUT2D eigenvalue weighted by Crippen LogP contribution is 2.34. The molecule has 3 aromatic rings. The van der Waals surface area contributed by atoms with Crippen molar-refractivity contribution < 1.29 is 9.47 Å². The van der Waals surface area contributed by atoms with Crippen LogP contribution in [0.4, 0.5) is 11.4 Å². The zero-order valence-electron chi connectivity index (χ0n) is 18.5. The Kier molecular flexibility index (Phi) is 7.68. The number of anilines is 1. The van der Waals surface area contributed by atoms with Gasteiger partial charge in [-0.1, -0.05) is 48.0 Å². The van der Waals surface area contributed by atoms with Gasteiger partial charge in [0.05, 0.1) is 23.0 Å². The van der Waals surface area contributed by atoms with Gasteiger partial charge in [0.1, 0.15) is 6.61 Å². The van der Waals surface area contributed by atoms with Crippen LogP contribution in [-0.2, 0) is 6.61 Å². The predicted octanol–water partition coefficient (Wildman–Crippen LogP) is 7.06. The highest BCUT2D eigenvalue weighted by molar-refractivity contribution is 6.33. The van der Waals surface area contributed by atoms with E-state index >= 15 is 0 Å². The molecule has 32 heavy (non-hydrogen) atoms. The monoisotopic (exact) mass is 448 g/mol. The molecule has 0 radical (unpaired) electrons. The highest BCUT2D eigenvalue weighted by atomic mass is 35.5. The average molecular weight is 449 g/mol. The number of ether oxygens (including phenoxy) is 2. The van der Waals surface area contributed by atoms with E-state index < -0.39 is 0 Å². The van der Waals surface area contributed by atoms with E-state index in [2.05, 4.69) is 16.0 Å². The van der Waals surface area contributed by atoms with E-state index in [-0.39, 0.29) is 0 Å². The van der Waals surface area contributed by atoms with Crippen molar-refractivity contribution in [2.24, 2.45) is 4.99 Å². The Bertz CT molecular complexity index is 1050. The summed E-state index contributed by atoms with van der Waals surface area (Å²) >= 11 is 6.60. The number of piperidine rings is 1. The summed E-state index contributed by atoms with van der Waals surface area (Å²) in [6.07, 6.45) is 5.55. The van der Waals surface area contributed by atoms with Crippen molar-refractivity contribution in [3.63, 3.8) is 0 Å². The molecule has 4 rings (SSSR count). The van der Waals surface area contributed by atoms with Gasteiger partial charge >= 0.3 is 0 Å². The van der Waals surface area contributed by atoms with Gasteiger partial charge in [0, 0.05) is 24.9 Å². The van der Waals surface area contributed by atoms with Gasteiger partial charge in [-0.2, -0.15) is 0 Å². The fraction of sp³-hybridized carbons (Fsp3) is 0.296. The van der Waals surface area contributed by atoms with Crippen LogP contribution in [0.15, 0.2) is 71.7 Å². The van der Waals surface area contributed by atoms with Crippen molar-refractivity contribution in [1.82, 2.24) is 0 Å². The lowest BCUT2D eigenvalue weighted by Crippen LogP contribution is -2.29. The van der Waals surface area contributed by atoms with Gasteiger partial charge in [0.15, 0.2) is 11.5 Å². The molecule has 0 saturated carbocycles. The van der Waals surface area contributed by atoms with Crippen molar-refractivity contribution in [3.8, 4) is 11.5 Å². The zero-order valence-corrected chi connectivity index (χ0v) is 19.2. The van der Waals surface area contributed by atoms with Crippen molar-refractivity contribution in [3.05, 3.63) is 82.9 Å². The lowest BCUT2D eigenvalue weighted by Gasteiger charge is -2.29. The van der Waals surface area contributed by atoms with Gasteiger partial charge in [-0.25, -0.2) is 0 Å². The summed E-state index contributed by atoms with van der Waals surface area (Å²) in [4.78, 5) is 7.04. The smallest absolute Gasteiger partial charge is 0.170 e. The molecule has 0 N–H and O–H groups in total. The van der Waals surface area contributed by atoms with E-state index in [9.17, 15) is 0 Å². The molecule has 1 heterocycles. The summed E-state index contributed by atoms with van der Waals surface area (Å²) in [6.45, 7) is 5.12. The first-order chi connectivity index (χ1) is 15.7. The fourth-order valence-electron chi connectivity index (χ4n) is 3.90. The maximum Gasteiger partial charge on any atom is 0.170 e. The number of benzene rings is 3. The minimum absolute atomic E-state index is 0.460. The molecule has 0 unspecified atom stereocenters. The van der Waals surface area contributed by atoms with Crippen molar-refractivity contribution >= 4 is 29.2 Å². The molecule has 1 aliphatic heterocycles. The van der Waals surface area contributed by atoms with Crippen LogP contribution >= 0.6 is 11.6 Å². The number of hydrogen-bond donors (Lipinski definition) is 0. The van der Waals surface area contributed by atoms with E-state index in [1.165, 1.54) is 19.3 Å². The molecule has 0 bridgehead atoms. The number of hydrogen-bond acceptors (Lipinski definition) is 4. The summed E-state index contributed by atoms with van der Waals surface area (Å²) < 4.78 is 12.0. The highest BCUT2D eigenvalue weighted by Gasteiger charge is 2.14. The standard InChI is InChI=1S/C27H29ClN2O2/c1-2-31-26-13-9-12-22(27(26)32-20-21-10-5-3-6-11-21)19-29-23-14-15-25(24(28)18-23)30-16-7-4-8-17-30/h3,5-6,9-15,18-19H,2,4,7-8,16-17,20H2,1H3. The van der Waals surface area contributed by atoms with Crippen molar-refractivity contribution in [2.45, 2.75) is 32.8 Å². The van der Waals surface area contributed by atoms with Crippen LogP contribution < -0.4 is 14.4 Å². The molecule has 4 nitrogen and oxygen atoms in total. The van der Waals surface area contributed by atoms with Crippen LogP contribution in [0.25, 0.3) is 0 Å². The second kappa shape index (κ2) is 11.1. The lowest BCUT2D eigenvalue weighted by atomic mass is 10.1. The van der Waals surface area contributed by atoms with Crippen LogP contribution in [0, 0.1) is 0 Å². The summed E-state index contributed by atoms with van der Waals surface area (Å²) in [5.41, 5.74) is 3.87. The van der Waals surface area contributed by atoms with Crippen LogP contribution in [0.3, 0.4) is 0 Å². The molecule has 3 aromatic carbocycles. The Morgan fingerprint density at radius 3 is 2.50 bits per heavy atom. The van der Waals surface area contributed by atoms with E-state index in [0.29, 0.717) is 24.7 Å². The maximum absolute atomic E-state index is 6.60. The fourth-order valence-corrected chi connectivity index (χ4v) is 4.19. The third kappa shape index (κ3) is 5.63. The van der Waals surface area contributed by atoms with Crippen LogP contribution in [0.5, 0.6) is 11.5 Å². The molecule has 1 saturated heterocycles. The molecule has 0 amide bonds. The predicted molar refractivity (Wildman–Crippen MR) is 133 cm³/mol. The molecule has 0 spiro atoms. The summed E-state index contributed by atoms with van der Waals surface area (Å²) in [7, 11) is 0. The number of rotatable bonds is 8. The largest absolute Gasteiger partial charge is 0.490 e. The van der Waals surface area contributed by atoms with E-state index in [1.54, 1.807) is 0 Å². The summed E-state index contributed by atoms with van der Waals surface area (Å²) in [5.74, 6) is 1.41. The molecule has 1 aliphatic rings. The summed E-state index contributed by atoms with van der Waals surface area (Å²) in [6, 6.07) is 22.0. The SMILES string of the molecule is CCOc1cccc(C=Nc2ccc(N3CCCCC3)c(Cl)c2)c1OCc1ccccc1. The molecule has 166 valence electrons. The van der Waals surface area contributed by atoms with Crippen LogP contribution in [-0.4, -0.2) is 25.9 Å². The number of halogens is 1. The molecule has 1 fully saturated rings. The number of aliphatic imine (C=N–C) groups is 1. The molecule has 0 aliphatic carbocycles. The van der Waals surface area contributed by atoms with Crippen LogP contribution in [0.2, 0.25) is 5.02 Å². The minimum Gasteiger partial charge on any atom is -0.490 e. The van der Waals surface area contributed by atoms with E-state index in [4.69, 9.17) is 21.1 Å². The first kappa shape index (κ1) is 22.2. The second-order valence-electron chi connectivity index (χ2n) is 7.82. The zero-order chi connectivity index (χ0) is 22.2. The Morgan fingerprint density at radius 1 is 0.938 bits per heavy atom. The second-order valence-corrected chi connectivity index (χ2v) is 8.23. The Balaban J connectivity index is 1.55. The summed E-state index contributed by atoms with van der Waals surface area (Å²) in [5, 5.41) is 0.741. The molecule has 0 aromatic heterocycles. The Labute approximate surface area is 195 Å². The van der Waals surface area contributed by atoms with Gasteiger partial charge in [-0.15, -0.1) is 0 Å². The molecule has 5 heteroatoms. The lowest BCUT2D eigenvalue weighted by molar-refractivity contribution is 0.269. The van der Waals surface area contributed by atoms with Gasteiger partial charge < -0.3 is 14.4 Å². The maximum atomic E-state index is 6.60. The van der Waals surface area contributed by atoms with Gasteiger partial charge in [0.25, 0.3) is 0 Å². The number of para-hydroxylation sites is 1. The topological polar surface area (TPSA) is 34.1 Å². The van der Waals surface area contributed by atoms with E-state index in [1.807, 2.05) is 73.8 Å². The van der Waals surface area contributed by atoms with Gasteiger partial charge in [0.2, 0.25) is 0 Å². The van der Waals surface area contributed by atoms with Gasteiger partial charge in [-0.05, 0) is 62.1 Å². The minimum atomic E-state index is 0.460. The van der Waals surface area contributed by atoms with Crippen LogP contribution in [0.1, 0.15) is 37.3 Å². The molecular weight excluding hydrogens is 420 g/mol. The first-order valence-electron chi connectivity index (χ1n) is 11.3. The quantitative estimate of drug-likeness (QED) is 0.346. The normalized spacial score (nSPS) is 14.0. The third-order valence-electron chi connectivity index (χ3n) is 5.52. The first-order valence-corrected chi connectivity index (χ1v) is 11.6. The Hall–Kier alpha value is -2.98. The third-order valence-corrected chi connectivity index (χ3v) is 5.82. The molecular formula is C27H29ClN2O2. The van der Waals surface area contributed by atoms with Crippen molar-refractivity contribution in [2.75, 3.05) is 24.6 Å².